The molecule has 8 heteroatoms. The number of aromatic nitrogens is 2. The summed E-state index contributed by atoms with van der Waals surface area (Å²) in [7, 11) is 1.64. The topological polar surface area (TPSA) is 79.7 Å². The molecule has 3 rings (SSSR count). The largest absolute Gasteiger partial charge is 0.383 e. The van der Waals surface area contributed by atoms with E-state index in [1.807, 2.05) is 18.0 Å². The Morgan fingerprint density at radius 3 is 2.71 bits per heavy atom. The summed E-state index contributed by atoms with van der Waals surface area (Å²) in [6.45, 7) is 7.26. The molecule has 1 aromatic rings. The highest BCUT2D eigenvalue weighted by Crippen LogP contribution is 2.24. The second-order valence-electron chi connectivity index (χ2n) is 7.70. The van der Waals surface area contributed by atoms with Gasteiger partial charge in [0, 0.05) is 52.1 Å². The van der Waals surface area contributed by atoms with Gasteiger partial charge in [0.1, 0.15) is 5.69 Å². The van der Waals surface area contributed by atoms with Crippen molar-refractivity contribution in [2.45, 2.75) is 45.2 Å². The third-order valence-electron chi connectivity index (χ3n) is 5.88. The number of hydrogen-bond donors (Lipinski definition) is 1. The van der Waals surface area contributed by atoms with Gasteiger partial charge in [-0.3, -0.25) is 19.2 Å². The highest BCUT2D eigenvalue weighted by atomic mass is 16.5. The van der Waals surface area contributed by atoms with E-state index in [0.717, 1.165) is 58.4 Å². The molecule has 0 saturated carbocycles. The zero-order chi connectivity index (χ0) is 19.9. The van der Waals surface area contributed by atoms with Crippen molar-refractivity contribution in [3.05, 3.63) is 18.0 Å². The molecule has 2 fully saturated rings. The van der Waals surface area contributed by atoms with E-state index >= 15 is 0 Å². The molecule has 0 bridgehead atoms. The summed E-state index contributed by atoms with van der Waals surface area (Å²) in [5.74, 6) is 0.226. The lowest BCUT2D eigenvalue weighted by atomic mass is 9.93. The first kappa shape index (κ1) is 20.8. The summed E-state index contributed by atoms with van der Waals surface area (Å²) < 4.78 is 6.79. The predicted molar refractivity (Wildman–Crippen MR) is 106 cm³/mol. The van der Waals surface area contributed by atoms with E-state index < -0.39 is 0 Å². The van der Waals surface area contributed by atoms with E-state index in [1.165, 1.54) is 0 Å². The van der Waals surface area contributed by atoms with Gasteiger partial charge >= 0.3 is 0 Å². The van der Waals surface area contributed by atoms with Crippen LogP contribution < -0.4 is 5.32 Å². The molecule has 156 valence electrons. The van der Waals surface area contributed by atoms with Gasteiger partial charge in [-0.15, -0.1) is 0 Å². The van der Waals surface area contributed by atoms with Gasteiger partial charge in [0.15, 0.2) is 0 Å². The van der Waals surface area contributed by atoms with Crippen LogP contribution in [0.15, 0.2) is 12.3 Å². The van der Waals surface area contributed by atoms with Crippen molar-refractivity contribution in [1.29, 1.82) is 0 Å². The molecule has 2 amide bonds. The summed E-state index contributed by atoms with van der Waals surface area (Å²) in [6, 6.07) is 2.25. The number of nitrogens with one attached hydrogen (secondary N) is 1. The van der Waals surface area contributed by atoms with Crippen LogP contribution in [0, 0.1) is 5.92 Å². The third-order valence-corrected chi connectivity index (χ3v) is 5.88. The standard InChI is InChI=1S/C20H33N5O3/c1-3-25-13-8-18(22-25)20(27)23-11-6-17(7-12-23)24-10-4-5-16(15-24)19(26)21-9-14-28-2/h8,13,16-17H,3-7,9-12,14-15H2,1-2H3,(H,21,26). The van der Waals surface area contributed by atoms with E-state index in [1.54, 1.807) is 17.9 Å². The van der Waals surface area contributed by atoms with Crippen LogP contribution in [0.3, 0.4) is 0 Å². The van der Waals surface area contributed by atoms with Gasteiger partial charge in [0.05, 0.1) is 12.5 Å². The van der Waals surface area contributed by atoms with E-state index in [0.29, 0.717) is 24.9 Å². The van der Waals surface area contributed by atoms with Crippen molar-refractivity contribution in [1.82, 2.24) is 24.9 Å². The van der Waals surface area contributed by atoms with Crippen LogP contribution in [-0.4, -0.2) is 83.9 Å². The Morgan fingerprint density at radius 1 is 1.25 bits per heavy atom. The maximum Gasteiger partial charge on any atom is 0.274 e. The fourth-order valence-electron chi connectivity index (χ4n) is 4.22. The molecule has 1 aromatic heterocycles. The molecule has 2 saturated heterocycles. The molecule has 0 spiro atoms. The molecule has 3 heterocycles. The SMILES string of the molecule is CCn1ccc(C(=O)N2CCC(N3CCCC(C(=O)NCCOC)C3)CC2)n1. The summed E-state index contributed by atoms with van der Waals surface area (Å²) in [4.78, 5) is 29.4. The van der Waals surface area contributed by atoms with Gasteiger partial charge in [-0.25, -0.2) is 0 Å². The maximum absolute atomic E-state index is 12.7. The van der Waals surface area contributed by atoms with Crippen LogP contribution in [0.4, 0.5) is 0 Å². The fourth-order valence-corrected chi connectivity index (χ4v) is 4.22. The number of hydrogen-bond acceptors (Lipinski definition) is 5. The van der Waals surface area contributed by atoms with Crippen LogP contribution in [0.2, 0.25) is 0 Å². The van der Waals surface area contributed by atoms with Crippen molar-refractivity contribution in [3.8, 4) is 0 Å². The number of ether oxygens (including phenoxy) is 1. The quantitative estimate of drug-likeness (QED) is 0.701. The first-order valence-corrected chi connectivity index (χ1v) is 10.5. The molecule has 0 aromatic carbocycles. The van der Waals surface area contributed by atoms with Gasteiger partial charge in [0.2, 0.25) is 5.91 Å². The fraction of sp³-hybridized carbons (Fsp3) is 0.750. The number of rotatable bonds is 7. The highest BCUT2D eigenvalue weighted by Gasteiger charge is 2.32. The number of nitrogens with zero attached hydrogens (tertiary/aromatic N) is 4. The van der Waals surface area contributed by atoms with Crippen molar-refractivity contribution in [2.24, 2.45) is 5.92 Å². The van der Waals surface area contributed by atoms with Crippen LogP contribution in [0.1, 0.15) is 43.1 Å². The predicted octanol–water partition coefficient (Wildman–Crippen LogP) is 0.982. The molecule has 28 heavy (non-hydrogen) atoms. The van der Waals surface area contributed by atoms with Crippen LogP contribution in [0.25, 0.3) is 0 Å². The lowest BCUT2D eigenvalue weighted by molar-refractivity contribution is -0.127. The summed E-state index contributed by atoms with van der Waals surface area (Å²) in [5.41, 5.74) is 0.533. The Bertz CT molecular complexity index is 654. The van der Waals surface area contributed by atoms with Gasteiger partial charge in [0.25, 0.3) is 5.91 Å². The van der Waals surface area contributed by atoms with Gasteiger partial charge in [-0.2, -0.15) is 5.10 Å². The molecular weight excluding hydrogens is 358 g/mol. The molecule has 1 N–H and O–H groups in total. The van der Waals surface area contributed by atoms with Crippen molar-refractivity contribution in [3.63, 3.8) is 0 Å². The average Bonchev–Trinajstić information content (AvgIpc) is 3.23. The highest BCUT2D eigenvalue weighted by molar-refractivity contribution is 5.92. The molecule has 2 aliphatic heterocycles. The summed E-state index contributed by atoms with van der Waals surface area (Å²) in [6.07, 6.45) is 5.77. The number of methoxy groups -OCH3 is 1. The second-order valence-corrected chi connectivity index (χ2v) is 7.70. The van der Waals surface area contributed by atoms with Gasteiger partial charge < -0.3 is 15.0 Å². The first-order valence-electron chi connectivity index (χ1n) is 10.5. The number of carbonyl (C=O) groups is 2. The lowest BCUT2D eigenvalue weighted by Gasteiger charge is -2.41. The minimum atomic E-state index is 0.0275. The van der Waals surface area contributed by atoms with Crippen LogP contribution >= 0.6 is 0 Å². The Morgan fingerprint density at radius 2 is 2.04 bits per heavy atom. The van der Waals surface area contributed by atoms with E-state index in [9.17, 15) is 9.59 Å². The number of carbonyl (C=O) groups excluding carboxylic acids is 2. The molecule has 2 aliphatic rings. The number of aryl methyl sites for hydroxylation is 1. The molecule has 1 unspecified atom stereocenters. The Labute approximate surface area is 167 Å². The Balaban J connectivity index is 1.47. The zero-order valence-corrected chi connectivity index (χ0v) is 17.1. The van der Waals surface area contributed by atoms with Crippen molar-refractivity contribution >= 4 is 11.8 Å². The maximum atomic E-state index is 12.7. The first-order chi connectivity index (χ1) is 13.6. The summed E-state index contributed by atoms with van der Waals surface area (Å²) >= 11 is 0. The second kappa shape index (κ2) is 10.0. The average molecular weight is 392 g/mol. The van der Waals surface area contributed by atoms with Crippen molar-refractivity contribution in [2.75, 3.05) is 46.4 Å². The zero-order valence-electron chi connectivity index (χ0n) is 17.1. The van der Waals surface area contributed by atoms with E-state index in [-0.39, 0.29) is 17.7 Å². The number of piperidine rings is 2. The van der Waals surface area contributed by atoms with Gasteiger partial charge in [-0.1, -0.05) is 0 Å². The van der Waals surface area contributed by atoms with Crippen molar-refractivity contribution < 1.29 is 14.3 Å². The van der Waals surface area contributed by atoms with Crippen LogP contribution in [-0.2, 0) is 16.1 Å². The van der Waals surface area contributed by atoms with Crippen LogP contribution in [0.5, 0.6) is 0 Å². The molecule has 8 nitrogen and oxygen atoms in total. The molecule has 0 aliphatic carbocycles. The third kappa shape index (κ3) is 5.11. The summed E-state index contributed by atoms with van der Waals surface area (Å²) in [5, 5.41) is 7.31. The normalized spacial score (nSPS) is 21.6. The Kier molecular flexibility index (Phi) is 7.44. The monoisotopic (exact) mass is 391 g/mol. The van der Waals surface area contributed by atoms with E-state index in [4.69, 9.17) is 4.74 Å². The number of amides is 2. The molecule has 0 radical (unpaired) electrons. The molecular formula is C20H33N5O3. The lowest BCUT2D eigenvalue weighted by Crippen LogP contribution is -2.51. The van der Waals surface area contributed by atoms with Gasteiger partial charge in [-0.05, 0) is 45.2 Å². The number of likely N-dealkylation sites (tertiary alicyclic amines) is 2. The minimum Gasteiger partial charge on any atom is -0.383 e. The minimum absolute atomic E-state index is 0.0275. The smallest absolute Gasteiger partial charge is 0.274 e. The van der Waals surface area contributed by atoms with E-state index in [2.05, 4.69) is 15.3 Å². The molecule has 1 atom stereocenters. The Hall–Kier alpha value is -1.93.